The van der Waals surface area contributed by atoms with E-state index in [1.54, 1.807) is 14.1 Å². The summed E-state index contributed by atoms with van der Waals surface area (Å²) in [5.74, 6) is -0.293. The minimum absolute atomic E-state index is 0.0992. The number of thiocarbonyl (C=S) groups is 1. The molecule has 1 aromatic carbocycles. The molecule has 3 aliphatic heterocycles. The van der Waals surface area contributed by atoms with Gasteiger partial charge in [0.2, 0.25) is 11.8 Å². The average Bonchev–Trinajstić information content (AvgIpc) is 2.90. The van der Waals surface area contributed by atoms with Crippen molar-refractivity contribution in [2.24, 2.45) is 5.41 Å². The maximum Gasteiger partial charge on any atom is 0.246 e. The first-order chi connectivity index (χ1) is 12.0. The van der Waals surface area contributed by atoms with Gasteiger partial charge >= 0.3 is 0 Å². The maximum atomic E-state index is 13.4. The summed E-state index contributed by atoms with van der Waals surface area (Å²) in [7, 11) is 3.38. The molecule has 1 aromatic rings. The third-order valence-electron chi connectivity index (χ3n) is 6.04. The van der Waals surface area contributed by atoms with Crippen molar-refractivity contribution in [2.45, 2.75) is 38.1 Å². The van der Waals surface area contributed by atoms with Crippen LogP contribution in [0.3, 0.4) is 0 Å². The normalized spacial score (nSPS) is 25.8. The van der Waals surface area contributed by atoms with Gasteiger partial charge in [0.25, 0.3) is 0 Å². The Hall–Kier alpha value is -1.95. The molecule has 0 aliphatic carbocycles. The van der Waals surface area contributed by atoms with Gasteiger partial charge in [-0.3, -0.25) is 19.4 Å². The lowest BCUT2D eigenvalue weighted by Crippen LogP contribution is -2.71. The van der Waals surface area contributed by atoms with Gasteiger partial charge in [0.15, 0.2) is 10.5 Å². The Morgan fingerprint density at radius 2 is 1.72 bits per heavy atom. The van der Waals surface area contributed by atoms with E-state index < -0.39 is 5.41 Å². The molecule has 1 unspecified atom stereocenters. The van der Waals surface area contributed by atoms with Crippen molar-refractivity contribution in [3.63, 3.8) is 0 Å². The molecule has 0 radical (unpaired) electrons. The summed E-state index contributed by atoms with van der Waals surface area (Å²) in [6.45, 7) is 0.891. The molecule has 132 valence electrons. The highest BCUT2D eigenvalue weighted by Crippen LogP contribution is 2.47. The van der Waals surface area contributed by atoms with Gasteiger partial charge in [-0.05, 0) is 43.1 Å². The fourth-order valence-corrected chi connectivity index (χ4v) is 4.96. The predicted octanol–water partition coefficient (Wildman–Crippen LogP) is 2.19. The first-order valence-electron chi connectivity index (χ1n) is 8.93. The number of para-hydroxylation sites is 1. The average molecular weight is 357 g/mol. The lowest BCUT2D eigenvalue weighted by atomic mass is 9.67. The summed E-state index contributed by atoms with van der Waals surface area (Å²) in [6.07, 6.45) is 4.59. The second-order valence-corrected chi connectivity index (χ2v) is 7.71. The zero-order chi connectivity index (χ0) is 17.8. The Labute approximate surface area is 153 Å². The molecule has 3 heterocycles. The maximum absolute atomic E-state index is 13.4. The number of hydrogen-bond donors (Lipinski definition) is 0. The van der Waals surface area contributed by atoms with Gasteiger partial charge in [-0.15, -0.1) is 0 Å². The molecule has 0 N–H and O–H groups in total. The molecule has 4 rings (SSSR count). The van der Waals surface area contributed by atoms with Crippen molar-refractivity contribution in [1.29, 1.82) is 0 Å². The highest BCUT2D eigenvalue weighted by atomic mass is 32.1. The Morgan fingerprint density at radius 1 is 1.04 bits per heavy atom. The monoisotopic (exact) mass is 357 g/mol. The largest absolute Gasteiger partial charge is 0.367 e. The van der Waals surface area contributed by atoms with Crippen LogP contribution in [0.4, 0.5) is 5.69 Å². The minimum atomic E-state index is -1.06. The van der Waals surface area contributed by atoms with E-state index in [9.17, 15) is 9.59 Å². The molecule has 3 aliphatic rings. The number of carbonyl (C=O) groups is 2. The molecule has 2 amide bonds. The number of rotatable bonds is 0. The van der Waals surface area contributed by atoms with E-state index in [4.69, 9.17) is 12.2 Å². The van der Waals surface area contributed by atoms with Crippen LogP contribution in [0.1, 0.15) is 31.2 Å². The van der Waals surface area contributed by atoms with Crippen molar-refractivity contribution >= 4 is 34.8 Å². The molecular weight excluding hydrogens is 334 g/mol. The number of benzene rings is 1. The van der Waals surface area contributed by atoms with Gasteiger partial charge in [-0.25, -0.2) is 0 Å². The topological polar surface area (TPSA) is 43.9 Å². The molecule has 0 saturated carbocycles. The molecular formula is C19H23N3O2S. The smallest absolute Gasteiger partial charge is 0.246 e. The molecule has 6 heteroatoms. The van der Waals surface area contributed by atoms with Crippen LogP contribution in [-0.2, 0) is 16.0 Å². The van der Waals surface area contributed by atoms with Crippen molar-refractivity contribution in [3.05, 3.63) is 29.8 Å². The van der Waals surface area contributed by atoms with Crippen molar-refractivity contribution in [1.82, 2.24) is 9.80 Å². The van der Waals surface area contributed by atoms with E-state index in [0.717, 1.165) is 37.8 Å². The van der Waals surface area contributed by atoms with Gasteiger partial charge in [-0.1, -0.05) is 31.0 Å². The van der Waals surface area contributed by atoms with Gasteiger partial charge < -0.3 is 4.90 Å². The van der Waals surface area contributed by atoms with E-state index in [1.807, 2.05) is 18.2 Å². The summed E-state index contributed by atoms with van der Waals surface area (Å²) in [5.41, 5.74) is 1.20. The number of fused-ring (bicyclic) bond motifs is 4. The Morgan fingerprint density at radius 3 is 2.44 bits per heavy atom. The molecule has 2 saturated heterocycles. The molecule has 1 atom stereocenters. The van der Waals surface area contributed by atoms with Crippen LogP contribution in [0.25, 0.3) is 0 Å². The number of nitrogens with zero attached hydrogens (tertiary/aromatic N) is 3. The molecule has 0 bridgehead atoms. The SMILES string of the molecule is CN1C(=O)C2(Cc3ccccc3N3CCCCCC32)C(=O)N(C)C1=S. The van der Waals surface area contributed by atoms with Crippen LogP contribution in [0.15, 0.2) is 24.3 Å². The Bertz CT molecular complexity index is 739. The van der Waals surface area contributed by atoms with Gasteiger partial charge in [0.1, 0.15) is 0 Å². The molecule has 2 fully saturated rings. The highest BCUT2D eigenvalue weighted by molar-refractivity contribution is 7.80. The quantitative estimate of drug-likeness (QED) is 0.527. The van der Waals surface area contributed by atoms with Gasteiger partial charge in [0.05, 0.1) is 6.04 Å². The van der Waals surface area contributed by atoms with Crippen molar-refractivity contribution in [3.8, 4) is 0 Å². The second-order valence-electron chi connectivity index (χ2n) is 7.35. The second kappa shape index (κ2) is 5.80. The summed E-state index contributed by atoms with van der Waals surface area (Å²) in [5, 5.41) is 0.291. The zero-order valence-corrected chi connectivity index (χ0v) is 15.5. The summed E-state index contributed by atoms with van der Waals surface area (Å²) in [6, 6.07) is 8.09. The third kappa shape index (κ3) is 2.16. The Balaban J connectivity index is 1.92. The van der Waals surface area contributed by atoms with Crippen LogP contribution in [0, 0.1) is 5.41 Å². The fourth-order valence-electron chi connectivity index (χ4n) is 4.79. The third-order valence-corrected chi connectivity index (χ3v) is 6.59. The summed E-state index contributed by atoms with van der Waals surface area (Å²) < 4.78 is 0. The summed E-state index contributed by atoms with van der Waals surface area (Å²) >= 11 is 5.31. The van der Waals surface area contributed by atoms with Crippen molar-refractivity contribution < 1.29 is 9.59 Å². The Kier molecular flexibility index (Phi) is 3.83. The van der Waals surface area contributed by atoms with Crippen LogP contribution in [0.5, 0.6) is 0 Å². The first-order valence-corrected chi connectivity index (χ1v) is 9.34. The molecule has 25 heavy (non-hydrogen) atoms. The molecule has 1 spiro atoms. The van der Waals surface area contributed by atoms with E-state index >= 15 is 0 Å². The number of amides is 2. The lowest BCUT2D eigenvalue weighted by molar-refractivity contribution is -0.157. The number of hydrogen-bond acceptors (Lipinski definition) is 4. The van der Waals surface area contributed by atoms with E-state index in [2.05, 4.69) is 11.0 Å². The van der Waals surface area contributed by atoms with Crippen LogP contribution in [0.2, 0.25) is 0 Å². The van der Waals surface area contributed by atoms with E-state index in [0.29, 0.717) is 11.5 Å². The van der Waals surface area contributed by atoms with Crippen LogP contribution >= 0.6 is 12.2 Å². The predicted molar refractivity (Wildman–Crippen MR) is 100 cm³/mol. The lowest BCUT2D eigenvalue weighted by Gasteiger charge is -2.53. The summed E-state index contributed by atoms with van der Waals surface area (Å²) in [4.78, 5) is 32.1. The van der Waals surface area contributed by atoms with Crippen LogP contribution < -0.4 is 4.90 Å². The van der Waals surface area contributed by atoms with E-state index in [1.165, 1.54) is 15.5 Å². The fraction of sp³-hybridized carbons (Fsp3) is 0.526. The van der Waals surface area contributed by atoms with E-state index in [-0.39, 0.29) is 17.9 Å². The highest BCUT2D eigenvalue weighted by Gasteiger charge is 2.61. The minimum Gasteiger partial charge on any atom is -0.367 e. The van der Waals surface area contributed by atoms with Gasteiger partial charge in [-0.2, -0.15) is 0 Å². The zero-order valence-electron chi connectivity index (χ0n) is 14.7. The van der Waals surface area contributed by atoms with Crippen LogP contribution in [-0.4, -0.2) is 53.4 Å². The molecule has 0 aromatic heterocycles. The molecule has 5 nitrogen and oxygen atoms in total. The standard InChI is InChI=1S/C19H23N3O2S/c1-20-16(23)19(17(24)21(2)18(20)25)12-13-8-5-6-9-14(13)22-11-7-3-4-10-15(19)22/h5-6,8-9,15H,3-4,7,10-12H2,1-2H3. The number of carbonyl (C=O) groups excluding carboxylic acids is 2. The first kappa shape index (κ1) is 16.5. The van der Waals surface area contributed by atoms with Gasteiger partial charge in [0, 0.05) is 26.3 Å². The number of anilines is 1. The van der Waals surface area contributed by atoms with Crippen molar-refractivity contribution in [2.75, 3.05) is 25.5 Å².